The number of hydrogen-bond acceptors (Lipinski definition) is 6. The van der Waals surface area contributed by atoms with E-state index in [4.69, 9.17) is 14.2 Å². The molecule has 6 heteroatoms. The summed E-state index contributed by atoms with van der Waals surface area (Å²) in [5.41, 5.74) is 0. The van der Waals surface area contributed by atoms with Gasteiger partial charge in [-0.15, -0.1) is 0 Å². The minimum absolute atomic E-state index is 0.0820. The van der Waals surface area contributed by atoms with Crippen molar-refractivity contribution >= 4 is 17.9 Å². The number of unbranched alkanes of at least 4 members (excludes halogenated alkanes) is 32. The van der Waals surface area contributed by atoms with Crippen LogP contribution in [-0.2, 0) is 28.6 Å². The van der Waals surface area contributed by atoms with E-state index in [0.717, 1.165) is 122 Å². The molecule has 0 saturated heterocycles. The summed E-state index contributed by atoms with van der Waals surface area (Å²) < 4.78 is 16.8. The number of allylic oxidation sites excluding steroid dienone is 14. The Morgan fingerprint density at radius 1 is 0.284 bits per heavy atom. The molecule has 0 aliphatic carbocycles. The van der Waals surface area contributed by atoms with Gasteiger partial charge in [0.05, 0.1) is 0 Å². The zero-order valence-electron chi connectivity index (χ0n) is 48.8. The molecule has 0 bridgehead atoms. The zero-order valence-corrected chi connectivity index (χ0v) is 48.8. The van der Waals surface area contributed by atoms with Gasteiger partial charge >= 0.3 is 17.9 Å². The third-order valence-electron chi connectivity index (χ3n) is 13.6. The van der Waals surface area contributed by atoms with Gasteiger partial charge in [0.2, 0.25) is 0 Å². The molecule has 6 nitrogen and oxygen atoms in total. The lowest BCUT2D eigenvalue weighted by Gasteiger charge is -2.18. The van der Waals surface area contributed by atoms with Crippen molar-refractivity contribution in [2.45, 2.75) is 316 Å². The molecule has 0 radical (unpaired) electrons. The number of esters is 3. The normalized spacial score (nSPS) is 12.6. The largest absolute Gasteiger partial charge is 0.462 e. The van der Waals surface area contributed by atoms with Crippen molar-refractivity contribution in [2.75, 3.05) is 13.2 Å². The predicted octanol–water partition coefficient (Wildman–Crippen LogP) is 21.5. The van der Waals surface area contributed by atoms with Crippen molar-refractivity contribution in [3.05, 3.63) is 85.1 Å². The van der Waals surface area contributed by atoms with Gasteiger partial charge < -0.3 is 14.2 Å². The summed E-state index contributed by atoms with van der Waals surface area (Å²) >= 11 is 0. The second-order valence-electron chi connectivity index (χ2n) is 20.9. The van der Waals surface area contributed by atoms with Gasteiger partial charge in [-0.2, -0.15) is 0 Å². The summed E-state index contributed by atoms with van der Waals surface area (Å²) in [7, 11) is 0. The first-order valence-corrected chi connectivity index (χ1v) is 31.6. The Morgan fingerprint density at radius 3 is 0.892 bits per heavy atom. The van der Waals surface area contributed by atoms with Crippen molar-refractivity contribution in [2.24, 2.45) is 0 Å². The molecule has 0 aliphatic rings. The predicted molar refractivity (Wildman–Crippen MR) is 321 cm³/mol. The molecule has 74 heavy (non-hydrogen) atoms. The van der Waals surface area contributed by atoms with E-state index in [2.05, 4.69) is 106 Å². The van der Waals surface area contributed by atoms with Crippen LogP contribution in [0.2, 0.25) is 0 Å². The van der Waals surface area contributed by atoms with Crippen molar-refractivity contribution in [1.29, 1.82) is 0 Å². The molecule has 0 amide bonds. The molecule has 0 aromatic carbocycles. The highest BCUT2D eigenvalue weighted by Crippen LogP contribution is 2.17. The smallest absolute Gasteiger partial charge is 0.306 e. The first kappa shape index (κ1) is 70.6. The van der Waals surface area contributed by atoms with Gasteiger partial charge in [-0.3, -0.25) is 14.4 Å². The van der Waals surface area contributed by atoms with Crippen molar-refractivity contribution in [3.63, 3.8) is 0 Å². The number of ether oxygens (including phenoxy) is 3. The maximum absolute atomic E-state index is 12.8. The van der Waals surface area contributed by atoms with Crippen LogP contribution in [0.1, 0.15) is 310 Å². The van der Waals surface area contributed by atoms with Gasteiger partial charge in [-0.1, -0.05) is 266 Å². The van der Waals surface area contributed by atoms with Crippen LogP contribution in [0, 0.1) is 0 Å². The Bertz CT molecular complexity index is 1420. The lowest BCUT2D eigenvalue weighted by atomic mass is 10.0. The van der Waals surface area contributed by atoms with Gasteiger partial charge in [0.15, 0.2) is 6.10 Å². The van der Waals surface area contributed by atoms with E-state index in [1.54, 1.807) is 0 Å². The average Bonchev–Trinajstić information content (AvgIpc) is 3.40. The molecule has 426 valence electrons. The van der Waals surface area contributed by atoms with Crippen LogP contribution >= 0.6 is 0 Å². The van der Waals surface area contributed by atoms with Gasteiger partial charge in [0.25, 0.3) is 0 Å². The van der Waals surface area contributed by atoms with Crippen LogP contribution in [-0.4, -0.2) is 37.2 Å². The Morgan fingerprint density at radius 2 is 0.554 bits per heavy atom. The molecule has 0 heterocycles. The number of hydrogen-bond donors (Lipinski definition) is 0. The van der Waals surface area contributed by atoms with E-state index in [1.807, 2.05) is 0 Å². The topological polar surface area (TPSA) is 78.9 Å². The molecule has 0 fully saturated rings. The van der Waals surface area contributed by atoms with E-state index in [9.17, 15) is 14.4 Å². The second-order valence-corrected chi connectivity index (χ2v) is 20.9. The fourth-order valence-corrected chi connectivity index (χ4v) is 8.88. The minimum atomic E-state index is -0.785. The molecule has 0 rings (SSSR count). The van der Waals surface area contributed by atoms with Gasteiger partial charge in [0, 0.05) is 19.3 Å². The monoisotopic (exact) mass is 1030 g/mol. The molecular weight excluding hydrogens is 913 g/mol. The van der Waals surface area contributed by atoms with Crippen molar-refractivity contribution < 1.29 is 28.6 Å². The Balaban J connectivity index is 4.12. The molecule has 0 aromatic rings. The van der Waals surface area contributed by atoms with Crippen molar-refractivity contribution in [3.8, 4) is 0 Å². The fourth-order valence-electron chi connectivity index (χ4n) is 8.88. The highest BCUT2D eigenvalue weighted by Gasteiger charge is 2.19. The molecule has 0 N–H and O–H groups in total. The first-order chi connectivity index (χ1) is 36.5. The van der Waals surface area contributed by atoms with Crippen molar-refractivity contribution in [1.82, 2.24) is 0 Å². The quantitative estimate of drug-likeness (QED) is 0.0261. The summed E-state index contributed by atoms with van der Waals surface area (Å²) in [6.07, 6.45) is 81.8. The minimum Gasteiger partial charge on any atom is -0.462 e. The first-order valence-electron chi connectivity index (χ1n) is 31.6. The molecule has 0 aromatic heterocycles. The van der Waals surface area contributed by atoms with Gasteiger partial charge in [-0.05, 0) is 109 Å². The number of rotatable bonds is 57. The highest BCUT2D eigenvalue weighted by atomic mass is 16.6. The van der Waals surface area contributed by atoms with Crippen LogP contribution in [0.3, 0.4) is 0 Å². The Kier molecular flexibility index (Phi) is 59.3. The summed E-state index contributed by atoms with van der Waals surface area (Å²) in [5.74, 6) is -0.897. The molecule has 0 aliphatic heterocycles. The molecule has 0 spiro atoms. The van der Waals surface area contributed by atoms with E-state index in [1.165, 1.54) is 148 Å². The van der Waals surface area contributed by atoms with E-state index in [-0.39, 0.29) is 31.1 Å². The summed E-state index contributed by atoms with van der Waals surface area (Å²) in [6, 6.07) is 0. The molecule has 1 unspecified atom stereocenters. The molecular formula is C68H118O6. The number of carbonyl (C=O) groups excluding carboxylic acids is 3. The lowest BCUT2D eigenvalue weighted by Crippen LogP contribution is -2.30. The van der Waals surface area contributed by atoms with Crippen LogP contribution < -0.4 is 0 Å². The van der Waals surface area contributed by atoms with Crippen LogP contribution in [0.4, 0.5) is 0 Å². The standard InChI is InChI=1S/C68H118O6/c1-4-7-10-13-16-19-22-24-26-27-28-29-30-31-32-33-34-35-36-37-38-39-40-41-43-44-46-49-52-55-58-61-67(70)73-64-65(63-72-66(69)60-57-54-51-48-21-18-15-12-9-6-3)74-68(71)62-59-56-53-50-47-45-42-25-23-20-17-14-11-8-5-2/h7,10,12,15-17,19-20,24-26,28-29,42,65H,4-6,8-9,11,13-14,18,21-23,27,30-41,43-64H2,1-3H3/b10-7-,15-12-,19-16-,20-17-,26-24-,29-28-,42-25-. The highest BCUT2D eigenvalue weighted by molar-refractivity contribution is 5.71. The summed E-state index contributed by atoms with van der Waals surface area (Å²) in [5, 5.41) is 0. The number of carbonyl (C=O) groups is 3. The second kappa shape index (κ2) is 62.1. The molecule has 0 saturated carbocycles. The van der Waals surface area contributed by atoms with Crippen LogP contribution in [0.15, 0.2) is 85.1 Å². The van der Waals surface area contributed by atoms with E-state index < -0.39 is 6.10 Å². The maximum Gasteiger partial charge on any atom is 0.306 e. The zero-order chi connectivity index (χ0) is 53.6. The average molecular weight is 1030 g/mol. The SMILES string of the molecule is CC/C=C\C/C=C\C/C=C\C/C=C\CCCCCCCCCCCCCCCCCCCCC(=O)OCC(COC(=O)CCCCCCC/C=C\CCC)OC(=O)CCCCCCC/C=C\C/C=C\CCCCC. The van der Waals surface area contributed by atoms with Crippen LogP contribution in [0.25, 0.3) is 0 Å². The van der Waals surface area contributed by atoms with Gasteiger partial charge in [0.1, 0.15) is 13.2 Å². The Labute approximate surface area is 458 Å². The fraction of sp³-hybridized carbons (Fsp3) is 0.750. The summed E-state index contributed by atoms with van der Waals surface area (Å²) in [4.78, 5) is 38.1. The third kappa shape index (κ3) is 59.5. The third-order valence-corrected chi connectivity index (χ3v) is 13.6. The van der Waals surface area contributed by atoms with Crippen LogP contribution in [0.5, 0.6) is 0 Å². The van der Waals surface area contributed by atoms with Gasteiger partial charge in [-0.25, -0.2) is 0 Å². The molecule has 1 atom stereocenters. The van der Waals surface area contributed by atoms with E-state index >= 15 is 0 Å². The maximum atomic E-state index is 12.8. The lowest BCUT2D eigenvalue weighted by molar-refractivity contribution is -0.167. The Hall–Kier alpha value is -3.41. The summed E-state index contributed by atoms with van der Waals surface area (Å²) in [6.45, 7) is 6.44. The van der Waals surface area contributed by atoms with E-state index in [0.29, 0.717) is 19.3 Å².